The highest BCUT2D eigenvalue weighted by molar-refractivity contribution is 6.34. The molecule has 0 spiro atoms. The summed E-state index contributed by atoms with van der Waals surface area (Å²) >= 11 is 11.7. The van der Waals surface area contributed by atoms with Crippen molar-refractivity contribution in [2.45, 2.75) is 64.8 Å². The number of nitrogens with zero attached hydrogens (tertiary/aromatic N) is 2. The summed E-state index contributed by atoms with van der Waals surface area (Å²) in [4.78, 5) is 62.9. The molecule has 1 aliphatic heterocycles. The second-order valence-corrected chi connectivity index (χ2v) is 12.5. The van der Waals surface area contributed by atoms with Crippen LogP contribution >= 0.6 is 23.2 Å². The lowest BCUT2D eigenvalue weighted by atomic mass is 9.93. The Morgan fingerprint density at radius 3 is 2.14 bits per heavy atom. The van der Waals surface area contributed by atoms with E-state index >= 15 is 0 Å². The van der Waals surface area contributed by atoms with Crippen LogP contribution in [0.5, 0.6) is 5.75 Å². The van der Waals surface area contributed by atoms with Gasteiger partial charge in [0.15, 0.2) is 6.61 Å². The van der Waals surface area contributed by atoms with E-state index in [1.54, 1.807) is 30.3 Å². The first kappa shape index (κ1) is 39.0. The standard InChI is InChI=1S/C21H23ClFNO5.C16H13ClFNO3/c1-2-3-6-9-28-19(25)12-29-18-11-17(16(23)10-15(18)22)24-20(26)13-7-4-5-8-14(13)21(24)27;1-10(16(21)22)19(12-7-8-14(18)13(17)9-12)15(20)11-5-3-2-4-6-11/h10-11H,2-9,12H2,1H3;2-10H,1H3,(H,21,22)/t;10-/m.1/s1. The number of rotatable bonds is 12. The highest BCUT2D eigenvalue weighted by Crippen LogP contribution is 2.39. The number of carbonyl (C=O) groups excluding carboxylic acids is 4. The number of imide groups is 1. The molecule has 1 aliphatic carbocycles. The van der Waals surface area contributed by atoms with Crippen molar-refractivity contribution in [2.75, 3.05) is 23.0 Å². The maximum Gasteiger partial charge on any atom is 0.344 e. The first-order chi connectivity index (χ1) is 24.3. The van der Waals surface area contributed by atoms with Gasteiger partial charge in [-0.2, -0.15) is 0 Å². The van der Waals surface area contributed by atoms with E-state index in [2.05, 4.69) is 0 Å². The Bertz CT molecular complexity index is 1810. The number of benzene rings is 3. The number of hydrogen-bond acceptors (Lipinski definition) is 7. The summed E-state index contributed by atoms with van der Waals surface area (Å²) in [5.41, 5.74) is 1.22. The second kappa shape index (κ2) is 17.9. The SMILES string of the molecule is CCCCCOC(=O)COc1cc(N2C(=O)C3=C(CCCC3)C2=O)c(F)cc1Cl.C[C@H](C(=O)O)N(C(=O)c1ccccc1)c1ccc(F)c(Cl)c1. The van der Waals surface area contributed by atoms with Crippen LogP contribution in [0.15, 0.2) is 71.8 Å². The molecule has 1 atom stereocenters. The van der Waals surface area contributed by atoms with Gasteiger partial charge in [-0.1, -0.05) is 61.2 Å². The Hall–Kier alpha value is -4.81. The predicted octanol–water partition coefficient (Wildman–Crippen LogP) is 7.93. The quantitative estimate of drug-likeness (QED) is 0.112. The average molecular weight is 746 g/mol. The van der Waals surface area contributed by atoms with Gasteiger partial charge in [0.1, 0.15) is 23.4 Å². The number of anilines is 2. The zero-order valence-electron chi connectivity index (χ0n) is 27.9. The third kappa shape index (κ3) is 9.50. The molecule has 3 aromatic carbocycles. The molecule has 3 amide bonds. The molecular weight excluding hydrogens is 709 g/mol. The van der Waals surface area contributed by atoms with Gasteiger partial charge < -0.3 is 14.6 Å². The molecule has 270 valence electrons. The molecule has 5 rings (SSSR count). The molecule has 51 heavy (non-hydrogen) atoms. The van der Waals surface area contributed by atoms with Crippen LogP contribution in [-0.2, 0) is 23.9 Å². The summed E-state index contributed by atoms with van der Waals surface area (Å²) in [6, 6.07) is 12.9. The lowest BCUT2D eigenvalue weighted by Gasteiger charge is -2.27. The Balaban J connectivity index is 0.000000238. The Morgan fingerprint density at radius 1 is 0.902 bits per heavy atom. The number of ether oxygens (including phenoxy) is 2. The number of aliphatic carboxylic acids is 1. The third-order valence-corrected chi connectivity index (χ3v) is 8.74. The molecule has 10 nitrogen and oxygen atoms in total. The average Bonchev–Trinajstić information content (AvgIpc) is 3.37. The molecule has 14 heteroatoms. The molecule has 0 saturated carbocycles. The molecular formula is C37H36Cl2F2N2O8. The van der Waals surface area contributed by atoms with Gasteiger partial charge in [-0.05, 0) is 75.4 Å². The summed E-state index contributed by atoms with van der Waals surface area (Å²) in [6.07, 6.45) is 5.40. The van der Waals surface area contributed by atoms with Crippen molar-refractivity contribution in [3.63, 3.8) is 0 Å². The maximum atomic E-state index is 14.5. The number of hydrogen-bond donors (Lipinski definition) is 1. The molecule has 0 bridgehead atoms. The van der Waals surface area contributed by atoms with E-state index in [1.165, 1.54) is 25.1 Å². The first-order valence-corrected chi connectivity index (χ1v) is 17.1. The Morgan fingerprint density at radius 2 is 1.55 bits per heavy atom. The zero-order chi connectivity index (χ0) is 37.2. The monoisotopic (exact) mass is 744 g/mol. The predicted molar refractivity (Wildman–Crippen MR) is 187 cm³/mol. The molecule has 0 fully saturated rings. The minimum absolute atomic E-state index is 0.000883. The fraction of sp³-hybridized carbons (Fsp3) is 0.324. The van der Waals surface area contributed by atoms with E-state index in [0.717, 1.165) is 54.0 Å². The molecule has 2 aliphatic rings. The van der Waals surface area contributed by atoms with Gasteiger partial charge in [-0.3, -0.25) is 19.3 Å². The first-order valence-electron chi connectivity index (χ1n) is 16.3. The number of carboxylic acid groups (broad SMARTS) is 1. The van der Waals surface area contributed by atoms with E-state index in [0.29, 0.717) is 36.2 Å². The zero-order valence-corrected chi connectivity index (χ0v) is 29.4. The van der Waals surface area contributed by atoms with Gasteiger partial charge in [0.25, 0.3) is 17.7 Å². The van der Waals surface area contributed by atoms with Crippen LogP contribution in [0.2, 0.25) is 10.0 Å². The molecule has 3 aromatic rings. The minimum Gasteiger partial charge on any atom is -0.480 e. The summed E-state index contributed by atoms with van der Waals surface area (Å²) in [7, 11) is 0. The van der Waals surface area contributed by atoms with Crippen LogP contribution in [0.3, 0.4) is 0 Å². The maximum absolute atomic E-state index is 14.5. The van der Waals surface area contributed by atoms with Crippen LogP contribution < -0.4 is 14.5 Å². The summed E-state index contributed by atoms with van der Waals surface area (Å²) < 4.78 is 38.3. The van der Waals surface area contributed by atoms with E-state index in [9.17, 15) is 37.9 Å². The van der Waals surface area contributed by atoms with Gasteiger partial charge in [0.05, 0.1) is 22.3 Å². The normalized spacial score (nSPS) is 14.4. The number of carboxylic acids is 1. The second-order valence-electron chi connectivity index (χ2n) is 11.7. The van der Waals surface area contributed by atoms with Crippen molar-refractivity contribution in [3.8, 4) is 5.75 Å². The summed E-state index contributed by atoms with van der Waals surface area (Å²) in [5.74, 6) is -4.72. The van der Waals surface area contributed by atoms with Crippen LogP contribution in [0.25, 0.3) is 0 Å². The Kier molecular flexibility index (Phi) is 13.7. The number of amides is 3. The van der Waals surface area contributed by atoms with E-state index in [1.807, 2.05) is 6.92 Å². The molecule has 0 unspecified atom stereocenters. The smallest absolute Gasteiger partial charge is 0.344 e. The van der Waals surface area contributed by atoms with Gasteiger partial charge in [-0.15, -0.1) is 0 Å². The van der Waals surface area contributed by atoms with Gasteiger partial charge >= 0.3 is 11.9 Å². The number of esters is 1. The Labute approximate surface area is 303 Å². The molecule has 1 N–H and O–H groups in total. The van der Waals surface area contributed by atoms with Gasteiger partial charge in [0, 0.05) is 28.5 Å². The van der Waals surface area contributed by atoms with E-state index < -0.39 is 53.9 Å². The number of carbonyl (C=O) groups is 5. The van der Waals surface area contributed by atoms with Crippen LogP contribution in [0.1, 0.15) is 69.2 Å². The summed E-state index contributed by atoms with van der Waals surface area (Å²) in [5, 5.41) is 8.99. The summed E-state index contributed by atoms with van der Waals surface area (Å²) in [6.45, 7) is 3.31. The minimum atomic E-state index is -1.18. The van der Waals surface area contributed by atoms with Crippen molar-refractivity contribution in [1.82, 2.24) is 0 Å². The van der Waals surface area contributed by atoms with Gasteiger partial charge in [0.2, 0.25) is 0 Å². The third-order valence-electron chi connectivity index (χ3n) is 8.15. The lowest BCUT2D eigenvalue weighted by Crippen LogP contribution is -2.43. The fourth-order valence-corrected chi connectivity index (χ4v) is 5.84. The van der Waals surface area contributed by atoms with Crippen LogP contribution in [0, 0.1) is 11.6 Å². The van der Waals surface area contributed by atoms with Crippen molar-refractivity contribution in [2.24, 2.45) is 0 Å². The number of unbranched alkanes of at least 4 members (excludes halogenated alkanes) is 2. The van der Waals surface area contributed by atoms with Crippen molar-refractivity contribution >= 4 is 64.2 Å². The molecule has 0 aromatic heterocycles. The van der Waals surface area contributed by atoms with Crippen LogP contribution in [0.4, 0.5) is 20.2 Å². The largest absolute Gasteiger partial charge is 0.480 e. The number of halogens is 4. The van der Waals surface area contributed by atoms with Crippen molar-refractivity contribution in [1.29, 1.82) is 0 Å². The van der Waals surface area contributed by atoms with Gasteiger partial charge in [-0.25, -0.2) is 23.3 Å². The van der Waals surface area contributed by atoms with Crippen molar-refractivity contribution < 1.29 is 47.3 Å². The van der Waals surface area contributed by atoms with Crippen molar-refractivity contribution in [3.05, 3.63) is 99.1 Å². The lowest BCUT2D eigenvalue weighted by molar-refractivity contribution is -0.146. The van der Waals surface area contributed by atoms with E-state index in [4.69, 9.17) is 32.7 Å². The van der Waals surface area contributed by atoms with Crippen LogP contribution in [-0.4, -0.2) is 54.0 Å². The molecule has 1 heterocycles. The highest BCUT2D eigenvalue weighted by Gasteiger charge is 2.41. The molecule has 0 radical (unpaired) electrons. The topological polar surface area (TPSA) is 131 Å². The molecule has 0 saturated heterocycles. The highest BCUT2D eigenvalue weighted by atomic mass is 35.5. The fourth-order valence-electron chi connectivity index (χ4n) is 5.46. The van der Waals surface area contributed by atoms with E-state index in [-0.39, 0.29) is 27.2 Å².